The zero-order chi connectivity index (χ0) is 14.3. The molecule has 0 aliphatic rings. The molecule has 0 radical (unpaired) electrons. The minimum atomic E-state index is -3.06. The fourth-order valence-electron chi connectivity index (χ4n) is 1.99. The number of nitrogens with zero attached hydrogens (tertiary/aromatic N) is 1. The third-order valence-electron chi connectivity index (χ3n) is 3.16. The van der Waals surface area contributed by atoms with Crippen molar-refractivity contribution in [3.63, 3.8) is 0 Å². The Morgan fingerprint density at radius 3 is 2.42 bits per heavy atom. The second-order valence-corrected chi connectivity index (χ2v) is 6.68. The van der Waals surface area contributed by atoms with Crippen LogP contribution in [-0.4, -0.2) is 38.6 Å². The van der Waals surface area contributed by atoms with Crippen molar-refractivity contribution >= 4 is 10.0 Å². The molecule has 0 fully saturated rings. The summed E-state index contributed by atoms with van der Waals surface area (Å²) in [4.78, 5) is 0. The van der Waals surface area contributed by atoms with E-state index in [-0.39, 0.29) is 6.04 Å². The molecule has 19 heavy (non-hydrogen) atoms. The van der Waals surface area contributed by atoms with Crippen molar-refractivity contribution in [3.8, 4) is 0 Å². The first-order valence-electron chi connectivity index (χ1n) is 6.68. The molecule has 0 saturated carbocycles. The third-order valence-corrected chi connectivity index (χ3v) is 4.53. The molecule has 0 aromatic heterocycles. The minimum Gasteiger partial charge on any atom is -0.310 e. The molecule has 0 saturated heterocycles. The number of hydrogen-bond acceptors (Lipinski definition) is 3. The van der Waals surface area contributed by atoms with Gasteiger partial charge >= 0.3 is 0 Å². The fraction of sp³-hybridized carbons (Fsp3) is 0.571. The van der Waals surface area contributed by atoms with Crippen LogP contribution >= 0.6 is 0 Å². The topological polar surface area (TPSA) is 49.4 Å². The van der Waals surface area contributed by atoms with Crippen molar-refractivity contribution < 1.29 is 8.42 Å². The summed E-state index contributed by atoms with van der Waals surface area (Å²) in [5, 5.41) is 3.41. The van der Waals surface area contributed by atoms with Crippen molar-refractivity contribution in [1.82, 2.24) is 9.62 Å². The van der Waals surface area contributed by atoms with Gasteiger partial charge in [-0.25, -0.2) is 12.7 Å². The summed E-state index contributed by atoms with van der Waals surface area (Å²) in [5.41, 5.74) is 1.25. The lowest BCUT2D eigenvalue weighted by Crippen LogP contribution is -2.32. The van der Waals surface area contributed by atoms with E-state index in [0.717, 1.165) is 13.0 Å². The van der Waals surface area contributed by atoms with E-state index in [9.17, 15) is 8.42 Å². The Labute approximate surface area is 116 Å². The molecule has 1 rings (SSSR count). The quantitative estimate of drug-likeness (QED) is 0.743. The molecule has 4 nitrogen and oxygen atoms in total. The van der Waals surface area contributed by atoms with Crippen LogP contribution in [0, 0.1) is 0 Å². The Bertz CT molecular complexity index is 460. The van der Waals surface area contributed by atoms with E-state index in [1.54, 1.807) is 0 Å². The van der Waals surface area contributed by atoms with E-state index < -0.39 is 10.0 Å². The maximum absolute atomic E-state index is 11.4. The normalized spacial score (nSPS) is 13.7. The number of nitrogens with one attached hydrogen (secondary N) is 1. The Morgan fingerprint density at radius 2 is 1.89 bits per heavy atom. The van der Waals surface area contributed by atoms with Crippen molar-refractivity contribution in [3.05, 3.63) is 35.9 Å². The van der Waals surface area contributed by atoms with Gasteiger partial charge in [0.25, 0.3) is 0 Å². The second-order valence-electron chi connectivity index (χ2n) is 4.69. The highest BCUT2D eigenvalue weighted by Crippen LogP contribution is 2.10. The Balaban J connectivity index is 2.31. The van der Waals surface area contributed by atoms with Gasteiger partial charge < -0.3 is 5.32 Å². The van der Waals surface area contributed by atoms with Crippen LogP contribution in [0.5, 0.6) is 0 Å². The third kappa shape index (κ3) is 5.72. The average molecular weight is 284 g/mol. The summed E-state index contributed by atoms with van der Waals surface area (Å²) < 4.78 is 24.3. The predicted molar refractivity (Wildman–Crippen MR) is 79.6 cm³/mol. The van der Waals surface area contributed by atoms with Crippen LogP contribution in [0.1, 0.15) is 31.9 Å². The van der Waals surface area contributed by atoms with Crippen LogP contribution < -0.4 is 5.32 Å². The molecule has 1 aromatic rings. The second kappa shape index (κ2) is 7.62. The molecule has 0 bridgehead atoms. The van der Waals surface area contributed by atoms with E-state index >= 15 is 0 Å². The van der Waals surface area contributed by atoms with Gasteiger partial charge in [0.2, 0.25) is 10.0 Å². The number of hydrogen-bond donors (Lipinski definition) is 1. The van der Waals surface area contributed by atoms with Gasteiger partial charge in [-0.1, -0.05) is 37.3 Å². The number of sulfonamides is 1. The van der Waals surface area contributed by atoms with E-state index in [1.807, 2.05) is 25.1 Å². The van der Waals surface area contributed by atoms with Gasteiger partial charge in [0.15, 0.2) is 0 Å². The fourth-order valence-corrected chi connectivity index (χ4v) is 2.92. The van der Waals surface area contributed by atoms with Crippen LogP contribution in [0.2, 0.25) is 0 Å². The molecule has 0 amide bonds. The standard InChI is InChI=1S/C14H24N2O2S/c1-4-16(19(3,17)18)12-8-11-15-13(2)14-9-6-5-7-10-14/h5-7,9-10,13,15H,4,8,11-12H2,1-3H3. The Morgan fingerprint density at radius 1 is 1.26 bits per heavy atom. The SMILES string of the molecule is CCN(CCCNC(C)c1ccccc1)S(C)(=O)=O. The summed E-state index contributed by atoms with van der Waals surface area (Å²) in [7, 11) is -3.06. The van der Waals surface area contributed by atoms with E-state index in [2.05, 4.69) is 24.4 Å². The van der Waals surface area contributed by atoms with Crippen LogP contribution in [-0.2, 0) is 10.0 Å². The largest absolute Gasteiger partial charge is 0.310 e. The van der Waals surface area contributed by atoms with Crippen molar-refractivity contribution in [1.29, 1.82) is 0 Å². The van der Waals surface area contributed by atoms with Crippen molar-refractivity contribution in [2.24, 2.45) is 0 Å². The van der Waals surface area contributed by atoms with Gasteiger partial charge in [-0.05, 0) is 25.5 Å². The maximum Gasteiger partial charge on any atom is 0.211 e. The lowest BCUT2D eigenvalue weighted by atomic mass is 10.1. The molecule has 0 heterocycles. The molecule has 1 N–H and O–H groups in total. The molecule has 1 aromatic carbocycles. The van der Waals surface area contributed by atoms with Gasteiger partial charge in [-0.15, -0.1) is 0 Å². The zero-order valence-corrected chi connectivity index (χ0v) is 12.8. The van der Waals surface area contributed by atoms with Crippen LogP contribution in [0.3, 0.4) is 0 Å². The minimum absolute atomic E-state index is 0.287. The molecule has 108 valence electrons. The smallest absolute Gasteiger partial charge is 0.211 e. The zero-order valence-electron chi connectivity index (χ0n) is 12.0. The van der Waals surface area contributed by atoms with Crippen LogP contribution in [0.15, 0.2) is 30.3 Å². The lowest BCUT2D eigenvalue weighted by Gasteiger charge is -2.19. The number of rotatable bonds is 8. The first-order chi connectivity index (χ1) is 8.95. The lowest BCUT2D eigenvalue weighted by molar-refractivity contribution is 0.413. The first kappa shape index (κ1) is 16.1. The summed E-state index contributed by atoms with van der Waals surface area (Å²) in [6.07, 6.45) is 2.08. The van der Waals surface area contributed by atoms with E-state index in [4.69, 9.17) is 0 Å². The van der Waals surface area contributed by atoms with Gasteiger partial charge in [0.05, 0.1) is 6.26 Å². The summed E-state index contributed by atoms with van der Waals surface area (Å²) in [6.45, 7) is 5.89. The predicted octanol–water partition coefficient (Wildman–Crippen LogP) is 2.01. The summed E-state index contributed by atoms with van der Waals surface area (Å²) in [6, 6.07) is 10.5. The molecular formula is C14H24N2O2S. The highest BCUT2D eigenvalue weighted by molar-refractivity contribution is 7.88. The van der Waals surface area contributed by atoms with Crippen molar-refractivity contribution in [2.45, 2.75) is 26.3 Å². The molecule has 1 atom stereocenters. The van der Waals surface area contributed by atoms with Gasteiger partial charge in [-0.2, -0.15) is 0 Å². The highest BCUT2D eigenvalue weighted by Gasteiger charge is 2.13. The molecule has 0 spiro atoms. The number of benzene rings is 1. The maximum atomic E-state index is 11.4. The molecule has 5 heteroatoms. The molecule has 1 unspecified atom stereocenters. The average Bonchev–Trinajstić information content (AvgIpc) is 2.38. The van der Waals surface area contributed by atoms with Crippen LogP contribution in [0.4, 0.5) is 0 Å². The van der Waals surface area contributed by atoms with Gasteiger partial charge in [0, 0.05) is 19.1 Å². The highest BCUT2D eigenvalue weighted by atomic mass is 32.2. The van der Waals surface area contributed by atoms with E-state index in [0.29, 0.717) is 13.1 Å². The Hall–Kier alpha value is -0.910. The first-order valence-corrected chi connectivity index (χ1v) is 8.53. The van der Waals surface area contributed by atoms with Crippen molar-refractivity contribution in [2.75, 3.05) is 25.9 Å². The molecule has 0 aliphatic carbocycles. The Kier molecular flexibility index (Phi) is 6.48. The molecular weight excluding hydrogens is 260 g/mol. The summed E-state index contributed by atoms with van der Waals surface area (Å²) in [5.74, 6) is 0. The van der Waals surface area contributed by atoms with E-state index in [1.165, 1.54) is 16.1 Å². The van der Waals surface area contributed by atoms with Gasteiger partial charge in [-0.3, -0.25) is 0 Å². The summed E-state index contributed by atoms with van der Waals surface area (Å²) >= 11 is 0. The van der Waals surface area contributed by atoms with Crippen LogP contribution in [0.25, 0.3) is 0 Å². The van der Waals surface area contributed by atoms with Gasteiger partial charge in [0.1, 0.15) is 0 Å². The molecule has 0 aliphatic heterocycles. The monoisotopic (exact) mass is 284 g/mol.